The van der Waals surface area contributed by atoms with Crippen molar-refractivity contribution in [3.05, 3.63) is 65.4 Å². The highest BCUT2D eigenvalue weighted by atomic mass is 16.3. The molecule has 0 spiro atoms. The Morgan fingerprint density at radius 1 is 1.13 bits per heavy atom. The van der Waals surface area contributed by atoms with Crippen LogP contribution in [0.25, 0.3) is 11.0 Å². The molecule has 3 nitrogen and oxygen atoms in total. The van der Waals surface area contributed by atoms with Gasteiger partial charge < -0.3 is 9.73 Å². The molecule has 0 aliphatic rings. The average Bonchev–Trinajstić information content (AvgIpc) is 2.92. The van der Waals surface area contributed by atoms with Crippen molar-refractivity contribution >= 4 is 22.6 Å². The molecule has 3 aromatic rings. The van der Waals surface area contributed by atoms with Crippen LogP contribution >= 0.6 is 0 Å². The van der Waals surface area contributed by atoms with E-state index < -0.39 is 0 Å². The first kappa shape index (κ1) is 15.3. The van der Waals surface area contributed by atoms with Gasteiger partial charge in [-0.05, 0) is 43.0 Å². The molecule has 1 amide bonds. The van der Waals surface area contributed by atoms with Crippen LogP contribution in [-0.4, -0.2) is 5.91 Å². The van der Waals surface area contributed by atoms with Crippen molar-refractivity contribution in [1.82, 2.24) is 0 Å². The normalized spacial score (nSPS) is 12.3. The third-order valence-corrected chi connectivity index (χ3v) is 4.40. The molecule has 0 bridgehead atoms. The summed E-state index contributed by atoms with van der Waals surface area (Å²) in [6, 6.07) is 15.7. The lowest BCUT2D eigenvalue weighted by Gasteiger charge is -2.10. The van der Waals surface area contributed by atoms with Gasteiger partial charge in [-0.1, -0.05) is 44.2 Å². The standard InChI is InChI=1S/C20H21NO2/c1-4-13(2)15-9-11-16(12-10-15)21-20(22)19-14(3)17-7-5-6-8-18(17)23-19/h5-13H,4H2,1-3H3,(H,21,22). The van der Waals surface area contributed by atoms with Crippen LogP contribution in [0.5, 0.6) is 0 Å². The first-order valence-corrected chi connectivity index (χ1v) is 7.99. The highest BCUT2D eigenvalue weighted by Gasteiger charge is 2.17. The lowest BCUT2D eigenvalue weighted by molar-refractivity contribution is 0.0998. The summed E-state index contributed by atoms with van der Waals surface area (Å²) in [5.41, 5.74) is 3.67. The fourth-order valence-electron chi connectivity index (χ4n) is 2.71. The summed E-state index contributed by atoms with van der Waals surface area (Å²) < 4.78 is 5.70. The third kappa shape index (κ3) is 3.00. The molecule has 0 radical (unpaired) electrons. The monoisotopic (exact) mass is 307 g/mol. The zero-order valence-corrected chi connectivity index (χ0v) is 13.7. The Kier molecular flexibility index (Phi) is 4.20. The van der Waals surface area contributed by atoms with E-state index in [1.807, 2.05) is 43.3 Å². The fourth-order valence-corrected chi connectivity index (χ4v) is 2.71. The van der Waals surface area contributed by atoms with Crippen molar-refractivity contribution in [2.24, 2.45) is 0 Å². The van der Waals surface area contributed by atoms with Crippen LogP contribution in [0.4, 0.5) is 5.69 Å². The maximum absolute atomic E-state index is 12.5. The van der Waals surface area contributed by atoms with E-state index in [0.717, 1.165) is 28.6 Å². The van der Waals surface area contributed by atoms with Gasteiger partial charge in [-0.25, -0.2) is 0 Å². The molecular weight excluding hydrogens is 286 g/mol. The zero-order chi connectivity index (χ0) is 16.4. The smallest absolute Gasteiger partial charge is 0.291 e. The molecule has 23 heavy (non-hydrogen) atoms. The van der Waals surface area contributed by atoms with E-state index in [1.165, 1.54) is 5.56 Å². The molecule has 0 saturated carbocycles. The number of anilines is 1. The highest BCUT2D eigenvalue weighted by molar-refractivity contribution is 6.06. The molecule has 1 heterocycles. The molecule has 3 heteroatoms. The highest BCUT2D eigenvalue weighted by Crippen LogP contribution is 2.26. The van der Waals surface area contributed by atoms with Gasteiger partial charge in [0.1, 0.15) is 5.58 Å². The van der Waals surface area contributed by atoms with Crippen LogP contribution < -0.4 is 5.32 Å². The lowest BCUT2D eigenvalue weighted by Crippen LogP contribution is -2.12. The molecule has 1 N–H and O–H groups in total. The van der Waals surface area contributed by atoms with Gasteiger partial charge in [0.15, 0.2) is 5.76 Å². The summed E-state index contributed by atoms with van der Waals surface area (Å²) in [4.78, 5) is 12.5. The number of furan rings is 1. The quantitative estimate of drug-likeness (QED) is 0.691. The van der Waals surface area contributed by atoms with Crippen LogP contribution in [0.3, 0.4) is 0 Å². The molecule has 0 aliphatic heterocycles. The molecule has 1 aromatic heterocycles. The molecule has 2 aromatic carbocycles. The van der Waals surface area contributed by atoms with E-state index in [1.54, 1.807) is 0 Å². The summed E-state index contributed by atoms with van der Waals surface area (Å²) in [7, 11) is 0. The average molecular weight is 307 g/mol. The SMILES string of the molecule is CCC(C)c1ccc(NC(=O)c2oc3ccccc3c2C)cc1. The van der Waals surface area contributed by atoms with E-state index in [9.17, 15) is 4.79 Å². The predicted octanol–water partition coefficient (Wildman–Crippen LogP) is 5.51. The van der Waals surface area contributed by atoms with Crippen LogP contribution in [0.1, 0.15) is 47.9 Å². The van der Waals surface area contributed by atoms with E-state index in [2.05, 4.69) is 31.3 Å². The van der Waals surface area contributed by atoms with E-state index in [4.69, 9.17) is 4.42 Å². The molecule has 118 valence electrons. The number of carbonyl (C=O) groups excluding carboxylic acids is 1. The number of carbonyl (C=O) groups is 1. The summed E-state index contributed by atoms with van der Waals surface area (Å²) in [5, 5.41) is 3.89. The minimum absolute atomic E-state index is 0.213. The zero-order valence-electron chi connectivity index (χ0n) is 13.7. The number of rotatable bonds is 4. The van der Waals surface area contributed by atoms with E-state index in [-0.39, 0.29) is 5.91 Å². The summed E-state index contributed by atoms with van der Waals surface area (Å²) in [6.07, 6.45) is 1.10. The van der Waals surface area contributed by atoms with Crippen molar-refractivity contribution in [1.29, 1.82) is 0 Å². The number of aryl methyl sites for hydroxylation is 1. The molecule has 0 fully saturated rings. The van der Waals surface area contributed by atoms with Crippen molar-refractivity contribution in [2.45, 2.75) is 33.1 Å². The number of nitrogens with one attached hydrogen (secondary N) is 1. The number of fused-ring (bicyclic) bond motifs is 1. The molecular formula is C20H21NO2. The maximum Gasteiger partial charge on any atom is 0.291 e. The number of amides is 1. The number of benzene rings is 2. The Balaban J connectivity index is 1.82. The Hall–Kier alpha value is -2.55. The molecule has 0 aliphatic carbocycles. The van der Waals surface area contributed by atoms with E-state index in [0.29, 0.717) is 11.7 Å². The fraction of sp³-hybridized carbons (Fsp3) is 0.250. The van der Waals surface area contributed by atoms with Crippen molar-refractivity contribution in [3.8, 4) is 0 Å². The minimum atomic E-state index is -0.213. The maximum atomic E-state index is 12.5. The summed E-state index contributed by atoms with van der Waals surface area (Å²) in [5.74, 6) is 0.685. The number of hydrogen-bond acceptors (Lipinski definition) is 2. The molecule has 1 unspecified atom stereocenters. The van der Waals surface area contributed by atoms with Gasteiger partial charge in [0.2, 0.25) is 0 Å². The first-order chi connectivity index (χ1) is 11.1. The van der Waals surface area contributed by atoms with Crippen LogP contribution in [0, 0.1) is 6.92 Å². The van der Waals surface area contributed by atoms with Gasteiger partial charge in [-0.2, -0.15) is 0 Å². The topological polar surface area (TPSA) is 42.2 Å². The Morgan fingerprint density at radius 2 is 1.83 bits per heavy atom. The van der Waals surface area contributed by atoms with Gasteiger partial charge in [0.25, 0.3) is 5.91 Å². The van der Waals surface area contributed by atoms with E-state index >= 15 is 0 Å². The minimum Gasteiger partial charge on any atom is -0.451 e. The van der Waals surface area contributed by atoms with Gasteiger partial charge in [0, 0.05) is 16.6 Å². The largest absolute Gasteiger partial charge is 0.451 e. The van der Waals surface area contributed by atoms with Gasteiger partial charge in [0.05, 0.1) is 0 Å². The van der Waals surface area contributed by atoms with Crippen LogP contribution in [-0.2, 0) is 0 Å². The van der Waals surface area contributed by atoms with Crippen LogP contribution in [0.2, 0.25) is 0 Å². The van der Waals surface area contributed by atoms with Crippen molar-refractivity contribution < 1.29 is 9.21 Å². The van der Waals surface area contributed by atoms with Crippen molar-refractivity contribution in [2.75, 3.05) is 5.32 Å². The Labute approximate surface area is 136 Å². The molecule has 3 rings (SSSR count). The van der Waals surface area contributed by atoms with Gasteiger partial charge >= 0.3 is 0 Å². The van der Waals surface area contributed by atoms with Gasteiger partial charge in [-0.15, -0.1) is 0 Å². The number of para-hydroxylation sites is 1. The molecule has 1 atom stereocenters. The first-order valence-electron chi connectivity index (χ1n) is 7.99. The summed E-state index contributed by atoms with van der Waals surface area (Å²) in [6.45, 7) is 6.28. The van der Waals surface area contributed by atoms with Crippen molar-refractivity contribution in [3.63, 3.8) is 0 Å². The predicted molar refractivity (Wildman–Crippen MR) is 94.1 cm³/mol. The molecule has 0 saturated heterocycles. The third-order valence-electron chi connectivity index (χ3n) is 4.40. The lowest BCUT2D eigenvalue weighted by atomic mass is 9.99. The number of hydrogen-bond donors (Lipinski definition) is 1. The second kappa shape index (κ2) is 6.29. The second-order valence-corrected chi connectivity index (χ2v) is 5.94. The Bertz CT molecular complexity index is 830. The Morgan fingerprint density at radius 3 is 2.48 bits per heavy atom. The van der Waals surface area contributed by atoms with Crippen LogP contribution in [0.15, 0.2) is 52.9 Å². The second-order valence-electron chi connectivity index (χ2n) is 5.94. The summed E-state index contributed by atoms with van der Waals surface area (Å²) >= 11 is 0. The van der Waals surface area contributed by atoms with Gasteiger partial charge in [-0.3, -0.25) is 4.79 Å².